The summed E-state index contributed by atoms with van der Waals surface area (Å²) < 4.78 is 11.7. The minimum Gasteiger partial charge on any atom is -0.458 e. The molecule has 246 valence electrons. The van der Waals surface area contributed by atoms with Crippen LogP contribution >= 0.6 is 11.6 Å². The van der Waals surface area contributed by atoms with Crippen molar-refractivity contribution in [1.82, 2.24) is 9.88 Å². The lowest BCUT2D eigenvalue weighted by Crippen LogP contribution is -2.54. The summed E-state index contributed by atoms with van der Waals surface area (Å²) in [6, 6.07) is 12.9. The fourth-order valence-electron chi connectivity index (χ4n) is 8.47. The third-order valence-corrected chi connectivity index (χ3v) is 10.7. The van der Waals surface area contributed by atoms with Gasteiger partial charge in [-0.1, -0.05) is 56.5 Å². The number of para-hydroxylation sites is 1. The molecule has 9 heteroatoms. The van der Waals surface area contributed by atoms with E-state index in [9.17, 15) is 14.4 Å². The first kappa shape index (κ1) is 32.6. The quantitative estimate of drug-likeness (QED) is 0.165. The fraction of sp³-hybridized carbons (Fsp3) is 0.541. The Labute approximate surface area is 276 Å². The Bertz CT molecular complexity index is 1610. The van der Waals surface area contributed by atoms with Gasteiger partial charge in [-0.05, 0) is 93.0 Å². The summed E-state index contributed by atoms with van der Waals surface area (Å²) in [5.74, 6) is 0.0802. The number of benzene rings is 2. The predicted octanol–water partition coefficient (Wildman–Crippen LogP) is 6.82. The van der Waals surface area contributed by atoms with Crippen molar-refractivity contribution < 1.29 is 23.9 Å². The Morgan fingerprint density at radius 3 is 2.54 bits per heavy atom. The van der Waals surface area contributed by atoms with Crippen LogP contribution in [0.5, 0.6) is 5.75 Å². The lowest BCUT2D eigenvalue weighted by atomic mass is 9.56. The Balaban J connectivity index is 1.31. The van der Waals surface area contributed by atoms with Gasteiger partial charge in [-0.25, -0.2) is 9.59 Å². The number of rotatable bonds is 7. The average molecular weight is 648 g/mol. The highest BCUT2D eigenvalue weighted by Gasteiger charge is 2.49. The van der Waals surface area contributed by atoms with E-state index in [2.05, 4.69) is 11.9 Å². The highest BCUT2D eigenvalue weighted by atomic mass is 35.5. The second kappa shape index (κ2) is 12.7. The van der Waals surface area contributed by atoms with Crippen molar-refractivity contribution in [3.8, 4) is 5.75 Å². The second-order valence-corrected chi connectivity index (χ2v) is 14.9. The molecule has 8 nitrogen and oxygen atoms in total. The van der Waals surface area contributed by atoms with E-state index in [4.69, 9.17) is 26.8 Å². The third kappa shape index (κ3) is 6.18. The van der Waals surface area contributed by atoms with Crippen LogP contribution in [-0.4, -0.2) is 51.3 Å². The van der Waals surface area contributed by atoms with E-state index in [0.717, 1.165) is 59.8 Å². The molecule has 46 heavy (non-hydrogen) atoms. The number of halogens is 1. The van der Waals surface area contributed by atoms with Gasteiger partial charge < -0.3 is 25.1 Å². The van der Waals surface area contributed by atoms with Crippen molar-refractivity contribution in [3.63, 3.8) is 0 Å². The Morgan fingerprint density at radius 1 is 1.11 bits per heavy atom. The van der Waals surface area contributed by atoms with Crippen molar-refractivity contribution in [2.75, 3.05) is 5.88 Å². The molecule has 2 heterocycles. The molecule has 6 rings (SSSR count). The average Bonchev–Trinajstić information content (AvgIpc) is 3.41. The molecule has 0 spiro atoms. The number of carbonyl (C=O) groups excluding carboxylic acids is 3. The molecule has 3 aromatic rings. The van der Waals surface area contributed by atoms with Gasteiger partial charge in [0.05, 0.1) is 6.04 Å². The van der Waals surface area contributed by atoms with Gasteiger partial charge >= 0.3 is 11.9 Å². The van der Waals surface area contributed by atoms with Crippen LogP contribution in [0.25, 0.3) is 10.9 Å². The van der Waals surface area contributed by atoms with Crippen LogP contribution in [0.1, 0.15) is 95.5 Å². The van der Waals surface area contributed by atoms with Crippen LogP contribution in [0.2, 0.25) is 0 Å². The maximum Gasteiger partial charge on any atom is 0.329 e. The largest absolute Gasteiger partial charge is 0.458 e. The molecule has 0 radical (unpaired) electrons. The summed E-state index contributed by atoms with van der Waals surface area (Å²) in [6.45, 7) is 7.66. The molecule has 2 bridgehead atoms. The van der Waals surface area contributed by atoms with Crippen LogP contribution < -0.4 is 10.5 Å². The molecule has 6 atom stereocenters. The summed E-state index contributed by atoms with van der Waals surface area (Å²) in [7, 11) is 0. The molecular weight excluding hydrogens is 602 g/mol. The number of carbonyl (C=O) groups is 3. The first-order valence-electron chi connectivity index (χ1n) is 16.7. The van der Waals surface area contributed by atoms with E-state index in [-0.39, 0.29) is 17.2 Å². The third-order valence-electron chi connectivity index (χ3n) is 10.5. The number of aromatic amines is 1. The van der Waals surface area contributed by atoms with Crippen molar-refractivity contribution in [3.05, 3.63) is 65.4 Å². The van der Waals surface area contributed by atoms with Gasteiger partial charge in [-0.15, -0.1) is 11.6 Å². The van der Waals surface area contributed by atoms with Gasteiger partial charge in [0.2, 0.25) is 5.91 Å². The van der Waals surface area contributed by atoms with E-state index in [0.29, 0.717) is 24.0 Å². The van der Waals surface area contributed by atoms with Crippen molar-refractivity contribution in [1.29, 1.82) is 0 Å². The maximum atomic E-state index is 13.6. The lowest BCUT2D eigenvalue weighted by Gasteiger charge is -2.50. The Kier molecular flexibility index (Phi) is 8.98. The highest BCUT2D eigenvalue weighted by Crippen LogP contribution is 2.53. The monoisotopic (exact) mass is 647 g/mol. The second-order valence-electron chi connectivity index (χ2n) is 14.7. The van der Waals surface area contributed by atoms with Crippen LogP contribution in [0.3, 0.4) is 0 Å². The zero-order chi connectivity index (χ0) is 32.8. The topological polar surface area (TPSA) is 115 Å². The summed E-state index contributed by atoms with van der Waals surface area (Å²) in [5.41, 5.74) is 9.21. The summed E-state index contributed by atoms with van der Waals surface area (Å²) in [6.07, 6.45) is 7.91. The minimum atomic E-state index is -0.876. The van der Waals surface area contributed by atoms with Gasteiger partial charge in [0.25, 0.3) is 0 Å². The van der Waals surface area contributed by atoms with E-state index < -0.39 is 35.7 Å². The van der Waals surface area contributed by atoms with Crippen molar-refractivity contribution in [2.24, 2.45) is 23.0 Å². The van der Waals surface area contributed by atoms with Gasteiger partial charge in [-0.3, -0.25) is 4.79 Å². The van der Waals surface area contributed by atoms with E-state index >= 15 is 0 Å². The number of ether oxygens (including phenoxy) is 2. The van der Waals surface area contributed by atoms with Gasteiger partial charge in [-0.2, -0.15) is 0 Å². The molecular formula is C37H46ClN3O5. The molecule has 3 aliphatic rings. The number of fused-ring (bicyclic) bond motifs is 5. The SMILES string of the molecule is CC[C@@H]1C[C@@H]2CCCC([C@H](N)C(=O)Oc3ccc([C@H]4c5[nH]c6ccccc6c5C[C@H](C(=O)OC(C)(C)C)N4C(=O)CCl)cc3)(C1)C2. The molecule has 3 N–H and O–H groups in total. The number of amides is 1. The van der Waals surface area contributed by atoms with Crippen LogP contribution in [0.15, 0.2) is 48.5 Å². The number of H-pyrrole nitrogens is 1. The summed E-state index contributed by atoms with van der Waals surface area (Å²) in [5, 5.41) is 0.992. The normalized spacial score (nSPS) is 26.7. The first-order chi connectivity index (χ1) is 21.9. The van der Waals surface area contributed by atoms with E-state index in [1.54, 1.807) is 17.0 Å². The fourth-order valence-corrected chi connectivity index (χ4v) is 8.61. The number of alkyl halides is 1. The summed E-state index contributed by atoms with van der Waals surface area (Å²) in [4.78, 5) is 45.7. The minimum absolute atomic E-state index is 0.202. The maximum absolute atomic E-state index is 13.6. The smallest absolute Gasteiger partial charge is 0.329 e. The molecule has 2 fully saturated rings. The van der Waals surface area contributed by atoms with E-state index in [1.807, 2.05) is 57.2 Å². The van der Waals surface area contributed by atoms with Gasteiger partial charge in [0.1, 0.15) is 29.3 Å². The van der Waals surface area contributed by atoms with Crippen LogP contribution in [0, 0.1) is 17.3 Å². The predicted molar refractivity (Wildman–Crippen MR) is 179 cm³/mol. The molecule has 1 aromatic heterocycles. The number of hydrogen-bond acceptors (Lipinski definition) is 6. The Hall–Kier alpha value is -3.36. The van der Waals surface area contributed by atoms with Crippen LogP contribution in [-0.2, 0) is 25.5 Å². The number of hydrogen-bond donors (Lipinski definition) is 2. The molecule has 2 aliphatic carbocycles. The number of aromatic nitrogens is 1. The molecule has 1 unspecified atom stereocenters. The van der Waals surface area contributed by atoms with Crippen molar-refractivity contribution >= 4 is 40.3 Å². The lowest BCUT2D eigenvalue weighted by molar-refractivity contribution is -0.166. The van der Waals surface area contributed by atoms with Gasteiger partial charge in [0.15, 0.2) is 0 Å². The van der Waals surface area contributed by atoms with E-state index in [1.165, 1.54) is 12.8 Å². The number of nitrogens with one attached hydrogen (secondary N) is 1. The Morgan fingerprint density at radius 2 is 1.85 bits per heavy atom. The van der Waals surface area contributed by atoms with Crippen LogP contribution in [0.4, 0.5) is 0 Å². The zero-order valence-electron chi connectivity index (χ0n) is 27.3. The van der Waals surface area contributed by atoms with Crippen molar-refractivity contribution in [2.45, 2.75) is 103 Å². The molecule has 1 aliphatic heterocycles. The zero-order valence-corrected chi connectivity index (χ0v) is 28.1. The standard InChI is InChI=1S/C37H46ClN3O5/c1-5-22-17-23-9-8-16-37(19-22,20-23)33(39)35(44)45-25-14-12-24(13-15-25)32-31-27(26-10-6-7-11-28(26)40-31)18-29(41(32)30(42)21-38)34(43)46-36(2,3)4/h6-7,10-15,22-23,29,32-33,40H,5,8-9,16-21,39H2,1-4H3/t22-,23+,29-,32+,33-,37?/m1/s1. The first-order valence-corrected chi connectivity index (χ1v) is 17.2. The van der Waals surface area contributed by atoms with Gasteiger partial charge in [0, 0.05) is 23.0 Å². The molecule has 2 saturated carbocycles. The molecule has 0 saturated heterocycles. The number of esters is 2. The number of nitrogens with zero attached hydrogens (tertiary/aromatic N) is 1. The molecule has 2 aromatic carbocycles. The molecule has 1 amide bonds. The highest BCUT2D eigenvalue weighted by molar-refractivity contribution is 6.27. The summed E-state index contributed by atoms with van der Waals surface area (Å²) >= 11 is 6.15. The number of nitrogens with two attached hydrogens (primary N) is 1.